The highest BCUT2D eigenvalue weighted by Gasteiger charge is 2.28. The third-order valence-corrected chi connectivity index (χ3v) is 4.24. The lowest BCUT2D eigenvalue weighted by Crippen LogP contribution is -2.17. The quantitative estimate of drug-likeness (QED) is 0.443. The molecule has 0 bridgehead atoms. The van der Waals surface area contributed by atoms with Crippen molar-refractivity contribution in [1.82, 2.24) is 0 Å². The first-order valence-electron chi connectivity index (χ1n) is 5.54. The monoisotopic (exact) mass is 242 g/mol. The van der Waals surface area contributed by atoms with Gasteiger partial charge in [-0.3, -0.25) is 0 Å². The molecule has 0 aromatic heterocycles. The molecule has 0 fully saturated rings. The molecular weight excluding hydrogens is 220 g/mol. The van der Waals surface area contributed by atoms with Crippen molar-refractivity contribution in [3.63, 3.8) is 0 Å². The fraction of sp³-hybridized carbons (Fsp3) is 1.00. The van der Waals surface area contributed by atoms with Crippen molar-refractivity contribution in [1.29, 1.82) is 0 Å². The maximum absolute atomic E-state index is 11.9. The van der Waals surface area contributed by atoms with Gasteiger partial charge in [0.25, 0.3) is 0 Å². The summed E-state index contributed by atoms with van der Waals surface area (Å²) in [5.41, 5.74) is 0.0822. The lowest BCUT2D eigenvalue weighted by molar-refractivity contribution is -0.105. The van der Waals surface area contributed by atoms with Gasteiger partial charge < -0.3 is 0 Å². The molecule has 15 heavy (non-hydrogen) atoms. The summed E-state index contributed by atoms with van der Waals surface area (Å²) >= 11 is 0. The van der Waals surface area contributed by atoms with E-state index in [-0.39, 0.29) is 14.0 Å². The first kappa shape index (κ1) is 15.2. The Balaban J connectivity index is 3.64. The molecular formula is C11H22F3P. The highest BCUT2D eigenvalue weighted by Crippen LogP contribution is 2.34. The summed E-state index contributed by atoms with van der Waals surface area (Å²) in [6.45, 7) is 6.29. The van der Waals surface area contributed by atoms with Gasteiger partial charge in [-0.1, -0.05) is 40.0 Å². The molecule has 0 saturated heterocycles. The smallest absolute Gasteiger partial charge is 0.171 e. The summed E-state index contributed by atoms with van der Waals surface area (Å²) in [5.74, 6) is 0. The zero-order chi connectivity index (χ0) is 11.9. The van der Waals surface area contributed by atoms with Crippen LogP contribution in [0.15, 0.2) is 0 Å². The van der Waals surface area contributed by atoms with Crippen molar-refractivity contribution in [2.45, 2.75) is 52.6 Å². The van der Waals surface area contributed by atoms with E-state index in [1.54, 1.807) is 0 Å². The highest BCUT2D eigenvalue weighted by atomic mass is 31.1. The highest BCUT2D eigenvalue weighted by molar-refractivity contribution is 7.38. The zero-order valence-electron chi connectivity index (χ0n) is 9.88. The van der Waals surface area contributed by atoms with Gasteiger partial charge in [0.2, 0.25) is 0 Å². The van der Waals surface area contributed by atoms with Crippen LogP contribution in [0, 0.1) is 5.41 Å². The predicted molar refractivity (Wildman–Crippen MR) is 62.0 cm³/mol. The van der Waals surface area contributed by atoms with Gasteiger partial charge in [0.1, 0.15) is 0 Å². The molecule has 0 aliphatic heterocycles. The average molecular weight is 242 g/mol. The fourth-order valence-corrected chi connectivity index (χ4v) is 2.75. The average Bonchev–Trinajstić information content (AvgIpc) is 2.01. The van der Waals surface area contributed by atoms with E-state index in [9.17, 15) is 13.2 Å². The molecule has 0 radical (unpaired) electrons. The second-order valence-electron chi connectivity index (χ2n) is 4.84. The second-order valence-corrected chi connectivity index (χ2v) is 6.05. The van der Waals surface area contributed by atoms with Crippen molar-refractivity contribution in [2.75, 3.05) is 12.3 Å². The van der Waals surface area contributed by atoms with Crippen LogP contribution in [0.1, 0.15) is 46.5 Å². The predicted octanol–water partition coefficient (Wildman–Crippen LogP) is 4.83. The van der Waals surface area contributed by atoms with Gasteiger partial charge in [-0.05, 0) is 18.0 Å². The summed E-state index contributed by atoms with van der Waals surface area (Å²) in [4.78, 5) is 0. The molecule has 0 aromatic rings. The van der Waals surface area contributed by atoms with Crippen LogP contribution < -0.4 is 0 Å². The van der Waals surface area contributed by atoms with Crippen LogP contribution in [0.3, 0.4) is 0 Å². The van der Waals surface area contributed by atoms with Crippen molar-refractivity contribution in [2.24, 2.45) is 5.41 Å². The Hall–Kier alpha value is 0.220. The van der Waals surface area contributed by atoms with Crippen LogP contribution >= 0.6 is 8.58 Å². The number of unbranched alkanes of at least 4 members (excludes halogenated alkanes) is 2. The molecule has 0 saturated carbocycles. The van der Waals surface area contributed by atoms with Crippen molar-refractivity contribution < 1.29 is 13.2 Å². The number of alkyl halides is 3. The minimum atomic E-state index is -3.97. The third kappa shape index (κ3) is 10.5. The number of hydrogen-bond donors (Lipinski definition) is 0. The van der Waals surface area contributed by atoms with Gasteiger partial charge in [-0.25, -0.2) is 0 Å². The maximum Gasteiger partial charge on any atom is 0.392 e. The number of rotatable bonds is 7. The van der Waals surface area contributed by atoms with E-state index in [0.717, 1.165) is 12.8 Å². The van der Waals surface area contributed by atoms with Gasteiger partial charge in [0.15, 0.2) is 0 Å². The summed E-state index contributed by atoms with van der Waals surface area (Å²) < 4.78 is 35.8. The van der Waals surface area contributed by atoms with E-state index >= 15 is 0 Å². The van der Waals surface area contributed by atoms with E-state index < -0.39 is 12.3 Å². The SMILES string of the molecule is CCCCCC(C)(C)CPCC(F)(F)F. The van der Waals surface area contributed by atoms with Gasteiger partial charge in [-0.15, -0.1) is 8.58 Å². The molecule has 0 aliphatic carbocycles. The van der Waals surface area contributed by atoms with Crippen LogP contribution in [0.2, 0.25) is 0 Å². The summed E-state index contributed by atoms with van der Waals surface area (Å²) in [6.07, 6.45) is 0.663. The molecule has 0 aromatic carbocycles. The minimum Gasteiger partial charge on any atom is -0.171 e. The molecule has 92 valence electrons. The Labute approximate surface area is 92.8 Å². The van der Waals surface area contributed by atoms with E-state index in [1.807, 2.05) is 0 Å². The van der Waals surface area contributed by atoms with Gasteiger partial charge >= 0.3 is 6.18 Å². The van der Waals surface area contributed by atoms with Crippen molar-refractivity contribution >= 4 is 8.58 Å². The molecule has 4 heteroatoms. The Morgan fingerprint density at radius 1 is 1.00 bits per heavy atom. The molecule has 1 atom stereocenters. The molecule has 1 unspecified atom stereocenters. The minimum absolute atomic E-state index is 0.0219. The summed E-state index contributed by atoms with van der Waals surface area (Å²) in [6, 6.07) is 0. The topological polar surface area (TPSA) is 0 Å². The lowest BCUT2D eigenvalue weighted by atomic mass is 9.89. The van der Waals surface area contributed by atoms with Gasteiger partial charge in [0, 0.05) is 0 Å². The first-order valence-corrected chi connectivity index (χ1v) is 6.96. The van der Waals surface area contributed by atoms with E-state index in [0.29, 0.717) is 6.16 Å². The van der Waals surface area contributed by atoms with Crippen LogP contribution in [0.4, 0.5) is 13.2 Å². The van der Waals surface area contributed by atoms with Gasteiger partial charge in [0.05, 0.1) is 6.16 Å². The van der Waals surface area contributed by atoms with Gasteiger partial charge in [-0.2, -0.15) is 13.2 Å². The molecule has 0 nitrogen and oxygen atoms in total. The lowest BCUT2D eigenvalue weighted by Gasteiger charge is -2.24. The number of halogens is 3. The second kappa shape index (κ2) is 6.73. The first-order chi connectivity index (χ1) is 6.77. The van der Waals surface area contributed by atoms with Crippen LogP contribution in [-0.4, -0.2) is 18.5 Å². The fourth-order valence-electron chi connectivity index (χ4n) is 1.48. The number of hydrogen-bond acceptors (Lipinski definition) is 0. The summed E-state index contributed by atoms with van der Waals surface area (Å²) in [5, 5.41) is 0. The molecule has 0 spiro atoms. The van der Waals surface area contributed by atoms with Crippen LogP contribution in [-0.2, 0) is 0 Å². The molecule has 0 aliphatic rings. The Bertz CT molecular complexity index is 164. The largest absolute Gasteiger partial charge is 0.392 e. The van der Waals surface area contributed by atoms with Crippen LogP contribution in [0.25, 0.3) is 0 Å². The third-order valence-electron chi connectivity index (χ3n) is 2.39. The Kier molecular flexibility index (Phi) is 6.83. The van der Waals surface area contributed by atoms with Crippen molar-refractivity contribution in [3.05, 3.63) is 0 Å². The maximum atomic E-state index is 11.9. The van der Waals surface area contributed by atoms with Crippen molar-refractivity contribution in [3.8, 4) is 0 Å². The Morgan fingerprint density at radius 2 is 1.60 bits per heavy atom. The molecule has 0 heterocycles. The molecule has 0 amide bonds. The normalized spacial score (nSPS) is 14.0. The summed E-state index contributed by atoms with van der Waals surface area (Å²) in [7, 11) is 0.0219. The van der Waals surface area contributed by atoms with Crippen LogP contribution in [0.5, 0.6) is 0 Å². The van der Waals surface area contributed by atoms with E-state index in [4.69, 9.17) is 0 Å². The molecule has 0 rings (SSSR count). The zero-order valence-corrected chi connectivity index (χ0v) is 10.9. The Morgan fingerprint density at radius 3 is 2.07 bits per heavy atom. The van der Waals surface area contributed by atoms with E-state index in [1.165, 1.54) is 12.8 Å². The standard InChI is InChI=1S/C11H22F3P/c1-4-5-6-7-10(2,3)8-15-9-11(12,13)14/h15H,4-9H2,1-3H3. The van der Waals surface area contributed by atoms with E-state index in [2.05, 4.69) is 20.8 Å². The molecule has 0 N–H and O–H groups in total.